The molecule has 0 radical (unpaired) electrons. The number of aryl methyl sites for hydroxylation is 1. The first-order valence-corrected chi connectivity index (χ1v) is 7.42. The molecule has 3 nitrogen and oxygen atoms in total. The summed E-state index contributed by atoms with van der Waals surface area (Å²) >= 11 is 0. The largest absolute Gasteiger partial charge is 0.388 e. The summed E-state index contributed by atoms with van der Waals surface area (Å²) in [4.78, 5) is 0. The SMILES string of the molecule is CCC(CC)n1ccc(CC(O)c2cccc(C)c2)n1. The number of rotatable bonds is 6. The summed E-state index contributed by atoms with van der Waals surface area (Å²) in [5, 5.41) is 14.9. The van der Waals surface area contributed by atoms with Crippen LogP contribution in [-0.4, -0.2) is 14.9 Å². The van der Waals surface area contributed by atoms with Crippen molar-refractivity contribution in [3.8, 4) is 0 Å². The summed E-state index contributed by atoms with van der Waals surface area (Å²) < 4.78 is 2.03. The van der Waals surface area contributed by atoms with E-state index in [1.807, 2.05) is 48.1 Å². The number of benzene rings is 1. The van der Waals surface area contributed by atoms with Gasteiger partial charge in [-0.2, -0.15) is 5.10 Å². The van der Waals surface area contributed by atoms with Crippen LogP contribution in [0.3, 0.4) is 0 Å². The Hall–Kier alpha value is -1.61. The average Bonchev–Trinajstić information content (AvgIpc) is 2.88. The van der Waals surface area contributed by atoms with E-state index in [9.17, 15) is 5.11 Å². The van der Waals surface area contributed by atoms with Crippen molar-refractivity contribution in [3.63, 3.8) is 0 Å². The van der Waals surface area contributed by atoms with Crippen molar-refractivity contribution in [1.29, 1.82) is 0 Å². The van der Waals surface area contributed by atoms with E-state index in [4.69, 9.17) is 0 Å². The number of hydrogen-bond acceptors (Lipinski definition) is 2. The van der Waals surface area contributed by atoms with E-state index in [0.29, 0.717) is 12.5 Å². The van der Waals surface area contributed by atoms with Crippen molar-refractivity contribution in [2.24, 2.45) is 0 Å². The fraction of sp³-hybridized carbons (Fsp3) is 0.471. The molecule has 1 atom stereocenters. The van der Waals surface area contributed by atoms with Gasteiger partial charge in [-0.05, 0) is 31.4 Å². The van der Waals surface area contributed by atoms with Crippen LogP contribution in [0.1, 0.15) is 55.7 Å². The van der Waals surface area contributed by atoms with Crippen molar-refractivity contribution >= 4 is 0 Å². The molecule has 3 heteroatoms. The highest BCUT2D eigenvalue weighted by Gasteiger charge is 2.13. The van der Waals surface area contributed by atoms with Gasteiger partial charge in [0, 0.05) is 12.6 Å². The monoisotopic (exact) mass is 272 g/mol. The van der Waals surface area contributed by atoms with Gasteiger partial charge in [0.1, 0.15) is 0 Å². The Bertz CT molecular complexity index is 543. The molecular weight excluding hydrogens is 248 g/mol. The molecule has 0 saturated heterocycles. The number of aromatic nitrogens is 2. The Morgan fingerprint density at radius 2 is 1.95 bits per heavy atom. The number of aliphatic hydroxyl groups is 1. The Morgan fingerprint density at radius 3 is 2.60 bits per heavy atom. The molecule has 1 aromatic carbocycles. The minimum Gasteiger partial charge on any atom is -0.388 e. The van der Waals surface area contributed by atoms with Crippen molar-refractivity contribution in [3.05, 3.63) is 53.3 Å². The highest BCUT2D eigenvalue weighted by atomic mass is 16.3. The second-order valence-corrected chi connectivity index (χ2v) is 5.39. The Balaban J connectivity index is 2.06. The van der Waals surface area contributed by atoms with Crippen molar-refractivity contribution in [2.75, 3.05) is 0 Å². The highest BCUT2D eigenvalue weighted by Crippen LogP contribution is 2.20. The molecule has 0 aliphatic carbocycles. The van der Waals surface area contributed by atoms with Crippen LogP contribution < -0.4 is 0 Å². The summed E-state index contributed by atoms with van der Waals surface area (Å²) in [5.41, 5.74) is 3.08. The molecule has 0 aliphatic rings. The van der Waals surface area contributed by atoms with Gasteiger partial charge in [0.05, 0.1) is 17.8 Å². The molecule has 0 bridgehead atoms. The normalized spacial score (nSPS) is 12.8. The van der Waals surface area contributed by atoms with Crippen LogP contribution in [0.5, 0.6) is 0 Å². The summed E-state index contributed by atoms with van der Waals surface area (Å²) in [6, 6.07) is 10.5. The van der Waals surface area contributed by atoms with Gasteiger partial charge in [0.2, 0.25) is 0 Å². The first-order valence-electron chi connectivity index (χ1n) is 7.42. The molecule has 2 rings (SSSR count). The van der Waals surface area contributed by atoms with E-state index in [2.05, 4.69) is 18.9 Å². The van der Waals surface area contributed by atoms with Crippen molar-refractivity contribution < 1.29 is 5.11 Å². The lowest BCUT2D eigenvalue weighted by molar-refractivity contribution is 0.176. The van der Waals surface area contributed by atoms with Gasteiger partial charge in [-0.3, -0.25) is 4.68 Å². The summed E-state index contributed by atoms with van der Waals surface area (Å²) in [6.07, 6.45) is 4.27. The molecule has 1 aromatic heterocycles. The summed E-state index contributed by atoms with van der Waals surface area (Å²) in [6.45, 7) is 6.40. The second kappa shape index (κ2) is 6.71. The number of nitrogens with zero attached hydrogens (tertiary/aromatic N) is 2. The lowest BCUT2D eigenvalue weighted by Gasteiger charge is -2.13. The molecule has 2 aromatic rings. The van der Waals surface area contributed by atoms with Gasteiger partial charge in [-0.1, -0.05) is 43.7 Å². The fourth-order valence-electron chi connectivity index (χ4n) is 2.55. The van der Waals surface area contributed by atoms with E-state index in [-0.39, 0.29) is 0 Å². The van der Waals surface area contributed by atoms with Gasteiger partial charge >= 0.3 is 0 Å². The molecule has 0 saturated carbocycles. The molecule has 0 aliphatic heterocycles. The molecule has 108 valence electrons. The predicted octanol–water partition coefficient (Wildman–Crippen LogP) is 3.83. The van der Waals surface area contributed by atoms with Crippen LogP contribution in [0.25, 0.3) is 0 Å². The highest BCUT2D eigenvalue weighted by molar-refractivity contribution is 5.25. The van der Waals surface area contributed by atoms with E-state index in [0.717, 1.165) is 24.1 Å². The third kappa shape index (κ3) is 3.48. The molecule has 1 unspecified atom stereocenters. The molecular formula is C17H24N2O. The van der Waals surface area contributed by atoms with Crippen LogP contribution in [0.15, 0.2) is 36.5 Å². The third-order valence-electron chi connectivity index (χ3n) is 3.81. The molecule has 0 amide bonds. The zero-order chi connectivity index (χ0) is 14.5. The topological polar surface area (TPSA) is 38.0 Å². The van der Waals surface area contributed by atoms with Crippen LogP contribution in [-0.2, 0) is 6.42 Å². The average molecular weight is 272 g/mol. The second-order valence-electron chi connectivity index (χ2n) is 5.39. The standard InChI is InChI=1S/C17H24N2O/c1-4-16(5-2)19-10-9-15(18-19)12-17(20)14-8-6-7-13(3)11-14/h6-11,16-17,20H,4-5,12H2,1-3H3. The maximum Gasteiger partial charge on any atom is 0.0846 e. The van der Waals surface area contributed by atoms with Crippen molar-refractivity contribution in [1.82, 2.24) is 9.78 Å². The zero-order valence-electron chi connectivity index (χ0n) is 12.6. The smallest absolute Gasteiger partial charge is 0.0846 e. The van der Waals surface area contributed by atoms with E-state index in [1.54, 1.807) is 0 Å². The Labute approximate surface area is 121 Å². The number of aliphatic hydroxyl groups excluding tert-OH is 1. The maximum atomic E-state index is 10.3. The first-order chi connectivity index (χ1) is 9.63. The summed E-state index contributed by atoms with van der Waals surface area (Å²) in [7, 11) is 0. The summed E-state index contributed by atoms with van der Waals surface area (Å²) in [5.74, 6) is 0. The van der Waals surface area contributed by atoms with E-state index >= 15 is 0 Å². The molecule has 1 N–H and O–H groups in total. The van der Waals surface area contributed by atoms with E-state index in [1.165, 1.54) is 5.56 Å². The third-order valence-corrected chi connectivity index (χ3v) is 3.81. The fourth-order valence-corrected chi connectivity index (χ4v) is 2.55. The Morgan fingerprint density at radius 1 is 1.20 bits per heavy atom. The zero-order valence-corrected chi connectivity index (χ0v) is 12.6. The quantitative estimate of drug-likeness (QED) is 0.868. The van der Waals surface area contributed by atoms with Gasteiger partial charge in [-0.25, -0.2) is 0 Å². The minimum absolute atomic E-state index is 0.458. The van der Waals surface area contributed by atoms with Crippen LogP contribution in [0.4, 0.5) is 0 Å². The Kier molecular flexibility index (Phi) is 4.96. The van der Waals surface area contributed by atoms with Gasteiger partial charge < -0.3 is 5.11 Å². The lowest BCUT2D eigenvalue weighted by Crippen LogP contribution is -2.09. The first kappa shape index (κ1) is 14.8. The minimum atomic E-state index is -0.486. The van der Waals surface area contributed by atoms with Gasteiger partial charge in [0.15, 0.2) is 0 Å². The van der Waals surface area contributed by atoms with E-state index < -0.39 is 6.10 Å². The maximum absolute atomic E-state index is 10.3. The van der Waals surface area contributed by atoms with Crippen LogP contribution in [0.2, 0.25) is 0 Å². The molecule has 0 fully saturated rings. The van der Waals surface area contributed by atoms with Crippen LogP contribution >= 0.6 is 0 Å². The molecule has 0 spiro atoms. The van der Waals surface area contributed by atoms with Gasteiger partial charge in [-0.15, -0.1) is 0 Å². The number of hydrogen-bond donors (Lipinski definition) is 1. The van der Waals surface area contributed by atoms with Crippen LogP contribution in [0, 0.1) is 6.92 Å². The lowest BCUT2D eigenvalue weighted by atomic mass is 10.0. The van der Waals surface area contributed by atoms with Gasteiger partial charge in [0.25, 0.3) is 0 Å². The molecule has 20 heavy (non-hydrogen) atoms. The predicted molar refractivity (Wildman–Crippen MR) is 81.7 cm³/mol. The molecule has 1 heterocycles. The van der Waals surface area contributed by atoms with Crippen molar-refractivity contribution in [2.45, 2.75) is 52.2 Å².